The maximum absolute atomic E-state index is 5.82. The molecule has 2 rings (SSSR count). The van der Waals surface area contributed by atoms with Crippen LogP contribution in [0.15, 0.2) is 24.3 Å². The smallest absolute Gasteiger partial charge is 0.133 e. The van der Waals surface area contributed by atoms with Gasteiger partial charge in [0.05, 0.1) is 5.69 Å². The summed E-state index contributed by atoms with van der Waals surface area (Å²) < 4.78 is 0. The molecule has 0 aliphatic carbocycles. The summed E-state index contributed by atoms with van der Waals surface area (Å²) in [7, 11) is 0. The summed E-state index contributed by atoms with van der Waals surface area (Å²) >= 11 is 0. The molecule has 0 aliphatic heterocycles. The Bertz CT molecular complexity index is 601. The molecule has 0 bridgehead atoms. The fourth-order valence-corrected chi connectivity index (χ4v) is 2.28. The number of nitrogens with two attached hydrogens (primary N) is 1. The van der Waals surface area contributed by atoms with Crippen molar-refractivity contribution in [2.45, 2.75) is 40.0 Å². The SMILES string of the molecule is CCC(CN)c1nc(C)cc(-c2ccc(C)c(C)c2)n1. The van der Waals surface area contributed by atoms with Crippen molar-refractivity contribution in [2.24, 2.45) is 5.73 Å². The Kier molecular flexibility index (Phi) is 4.50. The minimum absolute atomic E-state index is 0.236. The average Bonchev–Trinajstić information content (AvgIpc) is 2.42. The lowest BCUT2D eigenvalue weighted by atomic mass is 10.0. The molecule has 2 N–H and O–H groups in total. The number of benzene rings is 1. The Hall–Kier alpha value is -1.74. The summed E-state index contributed by atoms with van der Waals surface area (Å²) in [5.41, 5.74) is 11.5. The Labute approximate surface area is 121 Å². The van der Waals surface area contributed by atoms with Crippen LogP contribution in [0.4, 0.5) is 0 Å². The average molecular weight is 269 g/mol. The Morgan fingerprint density at radius 1 is 1.05 bits per heavy atom. The Morgan fingerprint density at radius 2 is 1.80 bits per heavy atom. The topological polar surface area (TPSA) is 51.8 Å². The summed E-state index contributed by atoms with van der Waals surface area (Å²) in [6.45, 7) is 8.98. The van der Waals surface area contributed by atoms with Crippen LogP contribution in [0.2, 0.25) is 0 Å². The van der Waals surface area contributed by atoms with Crippen LogP contribution in [0.1, 0.15) is 41.9 Å². The molecule has 1 unspecified atom stereocenters. The highest BCUT2D eigenvalue weighted by Crippen LogP contribution is 2.23. The lowest BCUT2D eigenvalue weighted by molar-refractivity contribution is 0.628. The zero-order chi connectivity index (χ0) is 14.7. The zero-order valence-electron chi connectivity index (χ0n) is 12.8. The highest BCUT2D eigenvalue weighted by atomic mass is 14.9. The van der Waals surface area contributed by atoms with Crippen molar-refractivity contribution in [3.05, 3.63) is 46.9 Å². The molecule has 1 atom stereocenters. The van der Waals surface area contributed by atoms with Gasteiger partial charge >= 0.3 is 0 Å². The molecule has 0 saturated carbocycles. The predicted molar refractivity (Wildman–Crippen MR) is 83.8 cm³/mol. The van der Waals surface area contributed by atoms with Gasteiger partial charge in [-0.3, -0.25) is 0 Å². The first kappa shape index (κ1) is 14.7. The molecule has 3 heteroatoms. The van der Waals surface area contributed by atoms with E-state index < -0.39 is 0 Å². The summed E-state index contributed by atoms with van der Waals surface area (Å²) in [5, 5.41) is 0. The number of nitrogens with zero attached hydrogens (tertiary/aromatic N) is 2. The van der Waals surface area contributed by atoms with Gasteiger partial charge in [0.1, 0.15) is 5.82 Å². The van der Waals surface area contributed by atoms with E-state index in [1.54, 1.807) is 0 Å². The van der Waals surface area contributed by atoms with Crippen molar-refractivity contribution in [3.63, 3.8) is 0 Å². The molecule has 0 amide bonds. The van der Waals surface area contributed by atoms with Gasteiger partial charge in [0.2, 0.25) is 0 Å². The van der Waals surface area contributed by atoms with Crippen molar-refractivity contribution >= 4 is 0 Å². The van der Waals surface area contributed by atoms with Crippen molar-refractivity contribution in [2.75, 3.05) is 6.54 Å². The molecule has 0 spiro atoms. The third-order valence-electron chi connectivity index (χ3n) is 3.82. The number of hydrogen-bond donors (Lipinski definition) is 1. The second kappa shape index (κ2) is 6.14. The molecule has 0 aliphatic rings. The molecule has 0 radical (unpaired) electrons. The van der Waals surface area contributed by atoms with E-state index in [-0.39, 0.29) is 5.92 Å². The third-order valence-corrected chi connectivity index (χ3v) is 3.82. The van der Waals surface area contributed by atoms with Crippen LogP contribution < -0.4 is 5.73 Å². The molecule has 3 nitrogen and oxygen atoms in total. The van der Waals surface area contributed by atoms with E-state index in [1.807, 2.05) is 13.0 Å². The number of aromatic nitrogens is 2. The van der Waals surface area contributed by atoms with E-state index in [9.17, 15) is 0 Å². The van der Waals surface area contributed by atoms with Crippen LogP contribution in [-0.4, -0.2) is 16.5 Å². The van der Waals surface area contributed by atoms with Crippen LogP contribution in [0, 0.1) is 20.8 Å². The van der Waals surface area contributed by atoms with Crippen molar-refractivity contribution in [3.8, 4) is 11.3 Å². The van der Waals surface area contributed by atoms with E-state index in [4.69, 9.17) is 10.7 Å². The monoisotopic (exact) mass is 269 g/mol. The van der Waals surface area contributed by atoms with Crippen LogP contribution in [0.25, 0.3) is 11.3 Å². The lowest BCUT2D eigenvalue weighted by Crippen LogP contribution is -2.15. The second-order valence-electron chi connectivity index (χ2n) is 5.39. The number of rotatable bonds is 4. The van der Waals surface area contributed by atoms with E-state index in [0.29, 0.717) is 6.54 Å². The van der Waals surface area contributed by atoms with Gasteiger partial charge in [0, 0.05) is 23.7 Å². The summed E-state index contributed by atoms with van der Waals surface area (Å²) in [6.07, 6.45) is 0.965. The highest BCUT2D eigenvalue weighted by molar-refractivity contribution is 5.61. The first-order valence-corrected chi connectivity index (χ1v) is 7.18. The summed E-state index contributed by atoms with van der Waals surface area (Å²) in [5.74, 6) is 1.10. The quantitative estimate of drug-likeness (QED) is 0.924. The molecule has 1 heterocycles. The normalized spacial score (nSPS) is 12.4. The minimum Gasteiger partial charge on any atom is -0.330 e. The fourth-order valence-electron chi connectivity index (χ4n) is 2.28. The van der Waals surface area contributed by atoms with Gasteiger partial charge in [-0.15, -0.1) is 0 Å². The maximum Gasteiger partial charge on any atom is 0.133 e. The van der Waals surface area contributed by atoms with E-state index in [1.165, 1.54) is 11.1 Å². The standard InChI is InChI=1S/C17H23N3/c1-5-14(10-18)17-19-13(4)9-16(20-17)15-7-6-11(2)12(3)8-15/h6-9,14H,5,10,18H2,1-4H3. The minimum atomic E-state index is 0.236. The van der Waals surface area contributed by atoms with Crippen LogP contribution in [-0.2, 0) is 0 Å². The lowest BCUT2D eigenvalue weighted by Gasteiger charge is -2.13. The fraction of sp³-hybridized carbons (Fsp3) is 0.412. The molecule has 1 aromatic carbocycles. The van der Waals surface area contributed by atoms with Gasteiger partial charge in [-0.25, -0.2) is 9.97 Å². The van der Waals surface area contributed by atoms with Gasteiger partial charge < -0.3 is 5.73 Å². The van der Waals surface area contributed by atoms with E-state index in [2.05, 4.69) is 44.0 Å². The van der Waals surface area contributed by atoms with Crippen LogP contribution in [0.5, 0.6) is 0 Å². The van der Waals surface area contributed by atoms with E-state index >= 15 is 0 Å². The number of aryl methyl sites for hydroxylation is 3. The molecule has 1 aromatic heterocycles. The molecular formula is C17H23N3. The van der Waals surface area contributed by atoms with Gasteiger partial charge in [-0.2, -0.15) is 0 Å². The molecule has 106 valence electrons. The Morgan fingerprint density at radius 3 is 2.40 bits per heavy atom. The van der Waals surface area contributed by atoms with Gasteiger partial charge in [0.15, 0.2) is 0 Å². The first-order chi connectivity index (χ1) is 9.55. The molecule has 2 aromatic rings. The largest absolute Gasteiger partial charge is 0.330 e. The Balaban J connectivity index is 2.48. The van der Waals surface area contributed by atoms with Crippen LogP contribution in [0.3, 0.4) is 0 Å². The third kappa shape index (κ3) is 3.05. The second-order valence-corrected chi connectivity index (χ2v) is 5.39. The van der Waals surface area contributed by atoms with Gasteiger partial charge in [-0.1, -0.05) is 19.1 Å². The van der Waals surface area contributed by atoms with Crippen LogP contribution >= 0.6 is 0 Å². The molecule has 20 heavy (non-hydrogen) atoms. The van der Waals surface area contributed by atoms with Crippen molar-refractivity contribution in [1.82, 2.24) is 9.97 Å². The molecule has 0 fully saturated rings. The molecular weight excluding hydrogens is 246 g/mol. The van der Waals surface area contributed by atoms with E-state index in [0.717, 1.165) is 29.2 Å². The first-order valence-electron chi connectivity index (χ1n) is 7.18. The van der Waals surface area contributed by atoms with Crippen molar-refractivity contribution < 1.29 is 0 Å². The van der Waals surface area contributed by atoms with Gasteiger partial charge in [-0.05, 0) is 50.5 Å². The molecule has 0 saturated heterocycles. The van der Waals surface area contributed by atoms with Gasteiger partial charge in [0.25, 0.3) is 0 Å². The predicted octanol–water partition coefficient (Wildman–Crippen LogP) is 3.52. The summed E-state index contributed by atoms with van der Waals surface area (Å²) in [4.78, 5) is 9.28. The highest BCUT2D eigenvalue weighted by Gasteiger charge is 2.13. The maximum atomic E-state index is 5.82. The summed E-state index contributed by atoms with van der Waals surface area (Å²) in [6, 6.07) is 8.49. The zero-order valence-corrected chi connectivity index (χ0v) is 12.8. The van der Waals surface area contributed by atoms with Crippen molar-refractivity contribution in [1.29, 1.82) is 0 Å². The number of hydrogen-bond acceptors (Lipinski definition) is 3.